The summed E-state index contributed by atoms with van der Waals surface area (Å²) in [4.78, 5) is 0. The first kappa shape index (κ1) is 14.7. The molecule has 4 nitrogen and oxygen atoms in total. The van der Waals surface area contributed by atoms with E-state index in [2.05, 4.69) is 5.10 Å². The molecule has 0 aliphatic carbocycles. The number of nitrogens with zero attached hydrogens (tertiary/aromatic N) is 2. The van der Waals surface area contributed by atoms with Gasteiger partial charge in [-0.2, -0.15) is 5.10 Å². The molecule has 1 fully saturated rings. The highest BCUT2D eigenvalue weighted by Gasteiger charge is 2.24. The molecule has 15 heavy (non-hydrogen) atoms. The molecule has 1 aromatic heterocycles. The topological polar surface area (TPSA) is 53.1 Å². The van der Waals surface area contributed by atoms with Crippen LogP contribution >= 0.6 is 24.8 Å². The molecule has 0 saturated carbocycles. The van der Waals surface area contributed by atoms with Gasteiger partial charge >= 0.3 is 0 Å². The van der Waals surface area contributed by atoms with E-state index in [1.165, 1.54) is 0 Å². The molecule has 1 aromatic rings. The minimum Gasteiger partial charge on any atom is -0.372 e. The zero-order valence-corrected chi connectivity index (χ0v) is 10.3. The van der Waals surface area contributed by atoms with Crippen LogP contribution in [0.3, 0.4) is 0 Å². The van der Waals surface area contributed by atoms with Crippen molar-refractivity contribution in [1.82, 2.24) is 9.78 Å². The van der Waals surface area contributed by atoms with Crippen molar-refractivity contribution in [2.45, 2.75) is 25.0 Å². The Morgan fingerprint density at radius 3 is 2.80 bits per heavy atom. The second-order valence-corrected chi connectivity index (χ2v) is 3.54. The summed E-state index contributed by atoms with van der Waals surface area (Å²) in [6.45, 7) is 0.813. The minimum absolute atomic E-state index is 0. The molecule has 2 atom stereocenters. The first-order chi connectivity index (χ1) is 6.27. The molecule has 88 valence electrons. The molecule has 0 unspecified atom stereocenters. The molecular formula is C9H17Cl2N3O. The van der Waals surface area contributed by atoms with Crippen LogP contribution in [0.2, 0.25) is 0 Å². The summed E-state index contributed by atoms with van der Waals surface area (Å²) in [5.74, 6) is 0. The summed E-state index contributed by atoms with van der Waals surface area (Å²) in [7, 11) is 1.90. The van der Waals surface area contributed by atoms with Crippen LogP contribution in [0.5, 0.6) is 0 Å². The smallest absolute Gasteiger partial charge is 0.101 e. The van der Waals surface area contributed by atoms with Crippen molar-refractivity contribution in [3.8, 4) is 0 Å². The first-order valence-corrected chi connectivity index (χ1v) is 4.63. The fourth-order valence-electron chi connectivity index (χ4n) is 1.73. The normalized spacial score (nSPS) is 25.2. The van der Waals surface area contributed by atoms with E-state index in [0.29, 0.717) is 0 Å². The van der Waals surface area contributed by atoms with E-state index >= 15 is 0 Å². The van der Waals surface area contributed by atoms with Crippen molar-refractivity contribution < 1.29 is 4.74 Å². The average Bonchev–Trinajstić information content (AvgIpc) is 2.53. The van der Waals surface area contributed by atoms with Gasteiger partial charge in [-0.05, 0) is 12.8 Å². The maximum absolute atomic E-state index is 5.96. The van der Waals surface area contributed by atoms with E-state index in [9.17, 15) is 0 Å². The summed E-state index contributed by atoms with van der Waals surface area (Å²) in [6, 6.07) is 0.123. The van der Waals surface area contributed by atoms with Crippen LogP contribution in [0.15, 0.2) is 12.4 Å². The molecule has 2 heterocycles. The van der Waals surface area contributed by atoms with Crippen molar-refractivity contribution in [3.63, 3.8) is 0 Å². The number of ether oxygens (including phenoxy) is 1. The lowest BCUT2D eigenvalue weighted by molar-refractivity contribution is 0.000107. The van der Waals surface area contributed by atoms with E-state index in [4.69, 9.17) is 10.5 Å². The largest absolute Gasteiger partial charge is 0.372 e. The van der Waals surface area contributed by atoms with Crippen LogP contribution in [0.4, 0.5) is 0 Å². The summed E-state index contributed by atoms with van der Waals surface area (Å²) in [5, 5.41) is 4.11. The fourth-order valence-corrected chi connectivity index (χ4v) is 1.73. The third-order valence-corrected chi connectivity index (χ3v) is 2.42. The Balaban J connectivity index is 0.000000980. The van der Waals surface area contributed by atoms with Gasteiger partial charge < -0.3 is 10.5 Å². The maximum Gasteiger partial charge on any atom is 0.101 e. The van der Waals surface area contributed by atoms with Crippen LogP contribution in [-0.4, -0.2) is 22.4 Å². The molecular weight excluding hydrogens is 237 g/mol. The van der Waals surface area contributed by atoms with Crippen LogP contribution in [0.25, 0.3) is 0 Å². The highest BCUT2D eigenvalue weighted by atomic mass is 35.5. The lowest BCUT2D eigenvalue weighted by Crippen LogP contribution is -2.34. The Morgan fingerprint density at radius 1 is 1.53 bits per heavy atom. The molecule has 2 N–H and O–H groups in total. The van der Waals surface area contributed by atoms with Crippen LogP contribution in [0.1, 0.15) is 24.5 Å². The van der Waals surface area contributed by atoms with E-state index < -0.39 is 0 Å². The van der Waals surface area contributed by atoms with Gasteiger partial charge in [0, 0.05) is 31.5 Å². The molecule has 1 aliphatic heterocycles. The third-order valence-electron chi connectivity index (χ3n) is 2.42. The molecule has 1 saturated heterocycles. The van der Waals surface area contributed by atoms with Gasteiger partial charge in [-0.25, -0.2) is 0 Å². The fraction of sp³-hybridized carbons (Fsp3) is 0.667. The lowest BCUT2D eigenvalue weighted by atomic mass is 9.99. The molecule has 2 rings (SSSR count). The van der Waals surface area contributed by atoms with Gasteiger partial charge in [0.05, 0.1) is 6.20 Å². The second-order valence-electron chi connectivity index (χ2n) is 3.54. The van der Waals surface area contributed by atoms with Crippen molar-refractivity contribution in [1.29, 1.82) is 0 Å². The number of rotatable bonds is 1. The molecule has 0 aromatic carbocycles. The van der Waals surface area contributed by atoms with Gasteiger partial charge in [0.1, 0.15) is 6.10 Å². The zero-order valence-electron chi connectivity index (χ0n) is 8.63. The Hall–Kier alpha value is -0.290. The van der Waals surface area contributed by atoms with Gasteiger partial charge in [0.2, 0.25) is 0 Å². The molecule has 0 bridgehead atoms. The third kappa shape index (κ3) is 3.34. The van der Waals surface area contributed by atoms with E-state index in [0.717, 1.165) is 25.0 Å². The first-order valence-electron chi connectivity index (χ1n) is 4.63. The molecule has 0 spiro atoms. The summed E-state index contributed by atoms with van der Waals surface area (Å²) in [5.41, 5.74) is 7.05. The van der Waals surface area contributed by atoms with Crippen molar-refractivity contribution >= 4 is 24.8 Å². The quantitative estimate of drug-likeness (QED) is 0.825. The summed E-state index contributed by atoms with van der Waals surface area (Å²) >= 11 is 0. The second kappa shape index (κ2) is 6.33. The Bertz CT molecular complexity index is 293. The van der Waals surface area contributed by atoms with Crippen molar-refractivity contribution in [2.24, 2.45) is 12.8 Å². The number of aryl methyl sites for hydroxylation is 1. The Labute approximate surface area is 102 Å². The van der Waals surface area contributed by atoms with Crippen LogP contribution < -0.4 is 5.73 Å². The standard InChI is InChI=1S/C9H15N3O.2ClH/c1-12-6-7(5-11-12)9-8(10)3-2-4-13-9;;/h5-6,8-9H,2-4,10H2,1H3;2*1H/t8-,9+;;/m0../s1. The monoisotopic (exact) mass is 253 g/mol. The minimum atomic E-state index is 0. The van der Waals surface area contributed by atoms with Crippen LogP contribution in [0, 0.1) is 0 Å². The predicted octanol–water partition coefficient (Wildman–Crippen LogP) is 1.44. The summed E-state index contributed by atoms with van der Waals surface area (Å²) < 4.78 is 7.39. The predicted molar refractivity (Wildman–Crippen MR) is 63.6 cm³/mol. The Kier molecular flexibility index (Phi) is 6.20. The van der Waals surface area contributed by atoms with Gasteiger partial charge in [-0.1, -0.05) is 0 Å². The zero-order chi connectivity index (χ0) is 9.26. The number of hydrogen-bond acceptors (Lipinski definition) is 3. The number of halogens is 2. The Morgan fingerprint density at radius 2 is 2.27 bits per heavy atom. The maximum atomic E-state index is 5.96. The molecule has 1 aliphatic rings. The highest BCUT2D eigenvalue weighted by molar-refractivity contribution is 5.85. The SMILES string of the molecule is Cl.Cl.Cn1cc([C@H]2OCCC[C@@H]2N)cn1. The van der Waals surface area contributed by atoms with Gasteiger partial charge in [0.15, 0.2) is 0 Å². The molecule has 6 heteroatoms. The van der Waals surface area contributed by atoms with Crippen molar-refractivity contribution in [3.05, 3.63) is 18.0 Å². The molecule has 0 radical (unpaired) electrons. The average molecular weight is 254 g/mol. The summed E-state index contributed by atoms with van der Waals surface area (Å²) in [6.07, 6.45) is 5.95. The van der Waals surface area contributed by atoms with E-state index in [-0.39, 0.29) is 37.0 Å². The lowest BCUT2D eigenvalue weighted by Gasteiger charge is -2.27. The van der Waals surface area contributed by atoms with E-state index in [1.54, 1.807) is 4.68 Å². The van der Waals surface area contributed by atoms with Gasteiger partial charge in [-0.3, -0.25) is 4.68 Å². The van der Waals surface area contributed by atoms with Crippen molar-refractivity contribution in [2.75, 3.05) is 6.61 Å². The number of nitrogens with two attached hydrogens (primary N) is 1. The van der Waals surface area contributed by atoms with Gasteiger partial charge in [-0.15, -0.1) is 24.8 Å². The van der Waals surface area contributed by atoms with Crippen LogP contribution in [-0.2, 0) is 11.8 Å². The van der Waals surface area contributed by atoms with Gasteiger partial charge in [0.25, 0.3) is 0 Å². The number of aromatic nitrogens is 2. The van der Waals surface area contributed by atoms with E-state index in [1.807, 2.05) is 19.4 Å². The number of hydrogen-bond donors (Lipinski definition) is 1. The highest BCUT2D eigenvalue weighted by Crippen LogP contribution is 2.26. The molecule has 0 amide bonds.